The lowest BCUT2D eigenvalue weighted by molar-refractivity contribution is -0.137. The minimum atomic E-state index is -0.476. The number of rotatable bonds is 4. The van der Waals surface area contributed by atoms with Gasteiger partial charge in [-0.05, 0) is 30.7 Å². The third-order valence-electron chi connectivity index (χ3n) is 4.13. The van der Waals surface area contributed by atoms with Crippen LogP contribution in [0.5, 0.6) is 0 Å². The van der Waals surface area contributed by atoms with Crippen LogP contribution in [0, 0.1) is 5.92 Å². The number of benzene rings is 1. The van der Waals surface area contributed by atoms with Gasteiger partial charge in [-0.15, -0.1) is 0 Å². The van der Waals surface area contributed by atoms with E-state index in [2.05, 4.69) is 0 Å². The molecule has 1 aromatic carbocycles. The largest absolute Gasteiger partial charge is 0.391 e. The van der Waals surface area contributed by atoms with Gasteiger partial charge in [0.2, 0.25) is 5.91 Å². The van der Waals surface area contributed by atoms with Gasteiger partial charge in [0.05, 0.1) is 12.1 Å². The predicted octanol–water partition coefficient (Wildman–Crippen LogP) is 1.18. The van der Waals surface area contributed by atoms with Gasteiger partial charge in [0.1, 0.15) is 0 Å². The topological polar surface area (TPSA) is 66.6 Å². The maximum absolute atomic E-state index is 12.3. The molecule has 4 nitrogen and oxygen atoms in total. The molecule has 1 fully saturated rings. The van der Waals surface area contributed by atoms with Crippen molar-refractivity contribution < 1.29 is 9.90 Å². The van der Waals surface area contributed by atoms with Gasteiger partial charge in [0.15, 0.2) is 0 Å². The van der Waals surface area contributed by atoms with Gasteiger partial charge < -0.3 is 15.7 Å². The number of β-amino-alcohol motifs (C(OH)–C–C–N with tert-alkyl or cyclic N) is 1. The van der Waals surface area contributed by atoms with Crippen molar-refractivity contribution in [2.45, 2.75) is 38.3 Å². The highest BCUT2D eigenvalue weighted by Gasteiger charge is 2.29. The molecule has 0 aromatic heterocycles. The van der Waals surface area contributed by atoms with Gasteiger partial charge >= 0.3 is 0 Å². The standard InChI is InChI=1S/C16H24N2O2/c1-12-9-10-18(11-15(12)19)16(20)14(17)8-7-13-5-3-2-4-6-13/h2-6,12,14-15,19H,7-11,17H2,1H3/t12?,14-,15?/m0/s1. The summed E-state index contributed by atoms with van der Waals surface area (Å²) in [6, 6.07) is 9.57. The lowest BCUT2D eigenvalue weighted by Gasteiger charge is -2.35. The van der Waals surface area contributed by atoms with Crippen molar-refractivity contribution in [1.82, 2.24) is 4.90 Å². The number of nitrogens with two attached hydrogens (primary N) is 1. The average molecular weight is 276 g/mol. The summed E-state index contributed by atoms with van der Waals surface area (Å²) < 4.78 is 0. The van der Waals surface area contributed by atoms with Crippen LogP contribution >= 0.6 is 0 Å². The summed E-state index contributed by atoms with van der Waals surface area (Å²) in [6.07, 6.45) is 1.87. The molecule has 1 heterocycles. The number of piperidine rings is 1. The van der Waals surface area contributed by atoms with Crippen LogP contribution in [0.4, 0.5) is 0 Å². The Bertz CT molecular complexity index is 435. The van der Waals surface area contributed by atoms with E-state index in [0.29, 0.717) is 19.5 Å². The molecule has 1 saturated heterocycles. The first-order valence-electron chi connectivity index (χ1n) is 7.34. The minimum Gasteiger partial charge on any atom is -0.391 e. The highest BCUT2D eigenvalue weighted by Crippen LogP contribution is 2.18. The van der Waals surface area contributed by atoms with Crippen molar-refractivity contribution >= 4 is 5.91 Å². The molecule has 0 aliphatic carbocycles. The monoisotopic (exact) mass is 276 g/mol. The number of hydrogen-bond donors (Lipinski definition) is 2. The van der Waals surface area contributed by atoms with E-state index in [9.17, 15) is 9.90 Å². The third kappa shape index (κ3) is 3.81. The Hall–Kier alpha value is -1.39. The fourth-order valence-electron chi connectivity index (χ4n) is 2.57. The summed E-state index contributed by atoms with van der Waals surface area (Å²) in [5, 5.41) is 9.85. The second-order valence-corrected chi connectivity index (χ2v) is 5.75. The zero-order valence-corrected chi connectivity index (χ0v) is 12.0. The average Bonchev–Trinajstić information content (AvgIpc) is 2.48. The van der Waals surface area contributed by atoms with E-state index < -0.39 is 12.1 Å². The van der Waals surface area contributed by atoms with Gasteiger partial charge in [-0.3, -0.25) is 4.79 Å². The van der Waals surface area contributed by atoms with Crippen LogP contribution in [0.15, 0.2) is 30.3 Å². The Kier molecular flexibility index (Phi) is 5.15. The van der Waals surface area contributed by atoms with Gasteiger partial charge in [-0.25, -0.2) is 0 Å². The van der Waals surface area contributed by atoms with Crippen LogP contribution in [0.2, 0.25) is 0 Å². The van der Waals surface area contributed by atoms with Crippen LogP contribution in [0.1, 0.15) is 25.3 Å². The Morgan fingerprint density at radius 1 is 1.45 bits per heavy atom. The van der Waals surface area contributed by atoms with Crippen molar-refractivity contribution in [2.75, 3.05) is 13.1 Å². The maximum Gasteiger partial charge on any atom is 0.239 e. The normalized spacial score (nSPS) is 24.4. The number of amides is 1. The van der Waals surface area contributed by atoms with Crippen molar-refractivity contribution in [3.05, 3.63) is 35.9 Å². The van der Waals surface area contributed by atoms with Gasteiger partial charge in [-0.2, -0.15) is 0 Å². The molecule has 2 rings (SSSR count). The number of likely N-dealkylation sites (tertiary alicyclic amines) is 1. The number of aliphatic hydroxyl groups is 1. The number of hydrogen-bond acceptors (Lipinski definition) is 3. The zero-order chi connectivity index (χ0) is 14.5. The molecule has 3 atom stereocenters. The first-order chi connectivity index (χ1) is 9.58. The molecule has 20 heavy (non-hydrogen) atoms. The highest BCUT2D eigenvalue weighted by atomic mass is 16.3. The van der Waals surface area contributed by atoms with Crippen molar-refractivity contribution in [2.24, 2.45) is 11.7 Å². The SMILES string of the molecule is CC1CCN(C(=O)[C@@H](N)CCc2ccccc2)CC1O. The second-order valence-electron chi connectivity index (χ2n) is 5.75. The number of aliphatic hydroxyl groups excluding tert-OH is 1. The molecule has 3 N–H and O–H groups in total. The third-order valence-corrected chi connectivity index (χ3v) is 4.13. The molecule has 2 unspecified atom stereocenters. The van der Waals surface area contributed by atoms with Crippen LogP contribution in [0.3, 0.4) is 0 Å². The van der Waals surface area contributed by atoms with E-state index in [4.69, 9.17) is 5.73 Å². The molecule has 0 radical (unpaired) electrons. The van der Waals surface area contributed by atoms with Crippen LogP contribution in [0.25, 0.3) is 0 Å². The first-order valence-corrected chi connectivity index (χ1v) is 7.34. The summed E-state index contributed by atoms with van der Waals surface area (Å²) in [5.74, 6) is 0.228. The van der Waals surface area contributed by atoms with Crippen LogP contribution < -0.4 is 5.73 Å². The van der Waals surface area contributed by atoms with Crippen molar-refractivity contribution in [3.8, 4) is 0 Å². The van der Waals surface area contributed by atoms with E-state index in [0.717, 1.165) is 12.8 Å². The van der Waals surface area contributed by atoms with Gasteiger partial charge in [0.25, 0.3) is 0 Å². The smallest absolute Gasteiger partial charge is 0.239 e. The fourth-order valence-corrected chi connectivity index (χ4v) is 2.57. The molecule has 4 heteroatoms. The Labute approximate surface area is 120 Å². The number of carbonyl (C=O) groups is 1. The molecule has 1 aromatic rings. The molecular formula is C16H24N2O2. The van der Waals surface area contributed by atoms with Crippen LogP contribution in [-0.4, -0.2) is 41.1 Å². The predicted molar refractivity (Wildman–Crippen MR) is 79.1 cm³/mol. The summed E-state index contributed by atoms with van der Waals surface area (Å²) >= 11 is 0. The zero-order valence-electron chi connectivity index (χ0n) is 12.0. The number of carbonyl (C=O) groups excluding carboxylic acids is 1. The van der Waals surface area contributed by atoms with E-state index in [-0.39, 0.29) is 11.8 Å². The molecule has 1 aliphatic heterocycles. The molecule has 0 saturated carbocycles. The van der Waals surface area contributed by atoms with Crippen LogP contribution in [-0.2, 0) is 11.2 Å². The Balaban J connectivity index is 1.83. The minimum absolute atomic E-state index is 0.0353. The second kappa shape index (κ2) is 6.86. The molecular weight excluding hydrogens is 252 g/mol. The highest BCUT2D eigenvalue weighted by molar-refractivity contribution is 5.81. The first kappa shape index (κ1) is 15.0. The lowest BCUT2D eigenvalue weighted by Crippen LogP contribution is -2.51. The molecule has 0 bridgehead atoms. The van der Waals surface area contributed by atoms with Crippen molar-refractivity contribution in [1.29, 1.82) is 0 Å². The van der Waals surface area contributed by atoms with E-state index >= 15 is 0 Å². The van der Waals surface area contributed by atoms with E-state index in [1.54, 1.807) is 4.90 Å². The van der Waals surface area contributed by atoms with Gasteiger partial charge in [0, 0.05) is 13.1 Å². The Morgan fingerprint density at radius 2 is 2.15 bits per heavy atom. The lowest BCUT2D eigenvalue weighted by atomic mass is 9.95. The molecule has 110 valence electrons. The van der Waals surface area contributed by atoms with Crippen molar-refractivity contribution in [3.63, 3.8) is 0 Å². The quantitative estimate of drug-likeness (QED) is 0.867. The maximum atomic E-state index is 12.3. The fraction of sp³-hybridized carbons (Fsp3) is 0.562. The van der Waals surface area contributed by atoms with E-state index in [1.165, 1.54) is 5.56 Å². The van der Waals surface area contributed by atoms with E-state index in [1.807, 2.05) is 37.3 Å². The summed E-state index contributed by atoms with van der Waals surface area (Å²) in [4.78, 5) is 14.0. The summed E-state index contributed by atoms with van der Waals surface area (Å²) in [5.41, 5.74) is 7.20. The van der Waals surface area contributed by atoms with Gasteiger partial charge in [-0.1, -0.05) is 37.3 Å². The summed E-state index contributed by atoms with van der Waals surface area (Å²) in [7, 11) is 0. The number of aryl methyl sites for hydroxylation is 1. The number of nitrogens with zero attached hydrogens (tertiary/aromatic N) is 1. The summed E-state index contributed by atoms with van der Waals surface area (Å²) in [6.45, 7) is 3.14. The molecule has 1 amide bonds. The molecule has 0 spiro atoms. The Morgan fingerprint density at radius 3 is 2.80 bits per heavy atom. The molecule has 1 aliphatic rings.